The number of fused-ring (bicyclic) bond motifs is 1. The minimum atomic E-state index is -0.568. The molecular formula is C25H26N4O5. The van der Waals surface area contributed by atoms with Crippen molar-refractivity contribution >= 4 is 17.6 Å². The lowest BCUT2D eigenvalue weighted by Gasteiger charge is -2.34. The number of anilines is 1. The van der Waals surface area contributed by atoms with E-state index in [0.29, 0.717) is 18.8 Å². The molecule has 2 aromatic carbocycles. The van der Waals surface area contributed by atoms with E-state index in [4.69, 9.17) is 14.2 Å². The fourth-order valence-corrected chi connectivity index (χ4v) is 3.84. The summed E-state index contributed by atoms with van der Waals surface area (Å²) in [4.78, 5) is 29.1. The molecule has 1 N–H and O–H groups in total. The molecule has 1 saturated heterocycles. The van der Waals surface area contributed by atoms with Crippen LogP contribution < -0.4 is 14.8 Å². The van der Waals surface area contributed by atoms with Crippen molar-refractivity contribution < 1.29 is 23.8 Å². The average molecular weight is 463 g/mol. The number of esters is 1. The zero-order valence-electron chi connectivity index (χ0n) is 19.0. The van der Waals surface area contributed by atoms with Crippen LogP contribution in [-0.2, 0) is 16.1 Å². The van der Waals surface area contributed by atoms with Crippen molar-refractivity contribution in [3.63, 3.8) is 0 Å². The van der Waals surface area contributed by atoms with Crippen molar-refractivity contribution in [2.45, 2.75) is 13.5 Å². The van der Waals surface area contributed by atoms with Gasteiger partial charge in [-0.3, -0.25) is 9.69 Å². The van der Waals surface area contributed by atoms with Gasteiger partial charge in [-0.2, -0.15) is 5.26 Å². The van der Waals surface area contributed by atoms with Gasteiger partial charge in [0.05, 0.1) is 17.9 Å². The van der Waals surface area contributed by atoms with E-state index in [-0.39, 0.29) is 24.5 Å². The van der Waals surface area contributed by atoms with Gasteiger partial charge in [-0.15, -0.1) is 0 Å². The first-order valence-corrected chi connectivity index (χ1v) is 11.1. The Kier molecular flexibility index (Phi) is 7.30. The molecule has 0 unspecified atom stereocenters. The van der Waals surface area contributed by atoms with Crippen LogP contribution >= 0.6 is 0 Å². The molecular weight excluding hydrogens is 436 g/mol. The summed E-state index contributed by atoms with van der Waals surface area (Å²) in [6.45, 7) is 5.92. The highest BCUT2D eigenvalue weighted by Gasteiger charge is 2.20. The molecule has 0 aliphatic carbocycles. The SMILES string of the molecule is CCOC(=O)c1ccccc1NC(=O)/C(C#N)=C\N1CCN(Cc2ccc3c(c2)OCO3)CC1. The highest BCUT2D eigenvalue weighted by Crippen LogP contribution is 2.32. The van der Waals surface area contributed by atoms with Gasteiger partial charge in [0.1, 0.15) is 11.6 Å². The molecule has 1 amide bonds. The fourth-order valence-electron chi connectivity index (χ4n) is 3.84. The molecule has 4 rings (SSSR count). The van der Waals surface area contributed by atoms with Crippen LogP contribution in [0.5, 0.6) is 11.5 Å². The van der Waals surface area contributed by atoms with Crippen molar-refractivity contribution in [1.82, 2.24) is 9.80 Å². The van der Waals surface area contributed by atoms with Gasteiger partial charge in [0.25, 0.3) is 5.91 Å². The number of amides is 1. The molecule has 0 atom stereocenters. The highest BCUT2D eigenvalue weighted by atomic mass is 16.7. The Labute approximate surface area is 198 Å². The van der Waals surface area contributed by atoms with E-state index in [0.717, 1.165) is 36.7 Å². The summed E-state index contributed by atoms with van der Waals surface area (Å²) in [5, 5.41) is 12.2. The standard InChI is InChI=1S/C25H26N4O5/c1-2-32-25(31)20-5-3-4-6-21(20)27-24(30)19(14-26)16-29-11-9-28(10-12-29)15-18-7-8-22-23(13-18)34-17-33-22/h3-8,13,16H,2,9-12,15,17H2,1H3,(H,27,30)/b19-16-. The van der Waals surface area contributed by atoms with Gasteiger partial charge < -0.3 is 24.4 Å². The summed E-state index contributed by atoms with van der Waals surface area (Å²) in [6, 6.07) is 14.5. The molecule has 9 heteroatoms. The highest BCUT2D eigenvalue weighted by molar-refractivity contribution is 6.09. The lowest BCUT2D eigenvalue weighted by atomic mass is 10.1. The monoisotopic (exact) mass is 462 g/mol. The summed E-state index contributed by atoms with van der Waals surface area (Å²) < 4.78 is 15.8. The number of nitriles is 1. The number of benzene rings is 2. The number of nitrogens with zero attached hydrogens (tertiary/aromatic N) is 3. The van der Waals surface area contributed by atoms with E-state index in [1.807, 2.05) is 29.2 Å². The zero-order chi connectivity index (χ0) is 23.9. The van der Waals surface area contributed by atoms with Crippen molar-refractivity contribution in [2.75, 3.05) is 44.9 Å². The van der Waals surface area contributed by atoms with Gasteiger partial charge in [-0.1, -0.05) is 18.2 Å². The smallest absolute Gasteiger partial charge is 0.340 e. The van der Waals surface area contributed by atoms with E-state index >= 15 is 0 Å². The second-order valence-corrected chi connectivity index (χ2v) is 7.87. The molecule has 0 spiro atoms. The number of carbonyl (C=O) groups is 2. The Morgan fingerprint density at radius 3 is 2.65 bits per heavy atom. The molecule has 0 saturated carbocycles. The number of carbonyl (C=O) groups excluding carboxylic acids is 2. The van der Waals surface area contributed by atoms with Crippen molar-refractivity contribution in [3.8, 4) is 17.6 Å². The maximum absolute atomic E-state index is 12.7. The fraction of sp³-hybridized carbons (Fsp3) is 0.320. The first-order valence-electron chi connectivity index (χ1n) is 11.1. The van der Waals surface area contributed by atoms with Crippen LogP contribution in [-0.4, -0.2) is 61.3 Å². The predicted molar refractivity (Wildman–Crippen MR) is 124 cm³/mol. The van der Waals surface area contributed by atoms with Crippen LogP contribution in [0.3, 0.4) is 0 Å². The number of piperazine rings is 1. The summed E-state index contributed by atoms with van der Waals surface area (Å²) in [5.74, 6) is 0.445. The number of ether oxygens (including phenoxy) is 3. The van der Waals surface area contributed by atoms with Gasteiger partial charge in [-0.25, -0.2) is 4.79 Å². The number of hydrogen-bond acceptors (Lipinski definition) is 8. The van der Waals surface area contributed by atoms with Crippen molar-refractivity contribution in [1.29, 1.82) is 5.26 Å². The van der Waals surface area contributed by atoms with Crippen LogP contribution in [0.2, 0.25) is 0 Å². The zero-order valence-corrected chi connectivity index (χ0v) is 19.0. The van der Waals surface area contributed by atoms with Gasteiger partial charge in [-0.05, 0) is 36.8 Å². The second-order valence-electron chi connectivity index (χ2n) is 7.87. The van der Waals surface area contributed by atoms with Crippen LogP contribution in [0.4, 0.5) is 5.69 Å². The summed E-state index contributed by atoms with van der Waals surface area (Å²) >= 11 is 0. The molecule has 2 aliphatic heterocycles. The maximum atomic E-state index is 12.7. The predicted octanol–water partition coefficient (Wildman–Crippen LogP) is 2.76. The largest absolute Gasteiger partial charge is 0.462 e. The minimum absolute atomic E-state index is 0.0251. The van der Waals surface area contributed by atoms with Gasteiger partial charge in [0.2, 0.25) is 6.79 Å². The van der Waals surface area contributed by atoms with Crippen molar-refractivity contribution in [2.24, 2.45) is 0 Å². The summed E-state index contributed by atoms with van der Waals surface area (Å²) in [6.07, 6.45) is 1.58. The third-order valence-electron chi connectivity index (χ3n) is 5.60. The first-order chi connectivity index (χ1) is 16.6. The molecule has 2 aromatic rings. The van der Waals surface area contributed by atoms with E-state index in [9.17, 15) is 14.9 Å². The van der Waals surface area contributed by atoms with Crippen molar-refractivity contribution in [3.05, 3.63) is 65.4 Å². The molecule has 34 heavy (non-hydrogen) atoms. The van der Waals surface area contributed by atoms with E-state index < -0.39 is 11.9 Å². The minimum Gasteiger partial charge on any atom is -0.462 e. The van der Waals surface area contributed by atoms with E-state index in [1.165, 1.54) is 0 Å². The molecule has 0 radical (unpaired) electrons. The first kappa shape index (κ1) is 23.1. The lowest BCUT2D eigenvalue weighted by Crippen LogP contribution is -2.43. The second kappa shape index (κ2) is 10.7. The number of hydrogen-bond donors (Lipinski definition) is 1. The lowest BCUT2D eigenvalue weighted by molar-refractivity contribution is -0.112. The average Bonchev–Trinajstić information content (AvgIpc) is 3.32. The Morgan fingerprint density at radius 2 is 1.88 bits per heavy atom. The van der Waals surface area contributed by atoms with Crippen LogP contribution in [0.1, 0.15) is 22.8 Å². The van der Waals surface area contributed by atoms with E-state index in [1.54, 1.807) is 37.4 Å². The van der Waals surface area contributed by atoms with Gasteiger partial charge in [0.15, 0.2) is 11.5 Å². The molecule has 1 fully saturated rings. The molecule has 176 valence electrons. The van der Waals surface area contributed by atoms with E-state index in [2.05, 4.69) is 10.2 Å². The topological polar surface area (TPSA) is 104 Å². The maximum Gasteiger partial charge on any atom is 0.340 e. The Morgan fingerprint density at radius 1 is 1.12 bits per heavy atom. The Hall–Kier alpha value is -4.03. The number of para-hydroxylation sites is 1. The molecule has 2 heterocycles. The molecule has 0 aromatic heterocycles. The van der Waals surface area contributed by atoms with Crippen LogP contribution in [0.25, 0.3) is 0 Å². The number of nitrogens with one attached hydrogen (secondary N) is 1. The van der Waals surface area contributed by atoms with Gasteiger partial charge >= 0.3 is 5.97 Å². The van der Waals surface area contributed by atoms with Gasteiger partial charge in [0, 0.05) is 38.9 Å². The quantitative estimate of drug-likeness (QED) is 0.381. The van der Waals surface area contributed by atoms with Crippen LogP contribution in [0, 0.1) is 11.3 Å². The normalized spacial score (nSPS) is 15.5. The third kappa shape index (κ3) is 5.47. The summed E-state index contributed by atoms with van der Waals surface area (Å²) in [7, 11) is 0. The Bertz CT molecular complexity index is 1130. The van der Waals surface area contributed by atoms with Crippen LogP contribution in [0.15, 0.2) is 54.2 Å². The molecule has 2 aliphatic rings. The summed E-state index contributed by atoms with van der Waals surface area (Å²) in [5.41, 5.74) is 1.67. The third-order valence-corrected chi connectivity index (χ3v) is 5.60. The molecule has 0 bridgehead atoms. The number of rotatable bonds is 7. The Balaban J connectivity index is 1.34. The molecule has 9 nitrogen and oxygen atoms in total.